The number of esters is 1. The van der Waals surface area contributed by atoms with Gasteiger partial charge in [-0.1, -0.05) is 82.3 Å². The molecule has 2 heterocycles. The number of nitrogens with zero attached hydrogens (tertiary/aromatic N) is 3. The Morgan fingerprint density at radius 1 is 0.912 bits per heavy atom. The van der Waals surface area contributed by atoms with Crippen molar-refractivity contribution in [3.8, 4) is 11.4 Å². The van der Waals surface area contributed by atoms with Crippen LogP contribution in [0, 0.1) is 62.1 Å². The van der Waals surface area contributed by atoms with Gasteiger partial charge in [0.05, 0.1) is 17.3 Å². The predicted molar refractivity (Wildman–Crippen MR) is 218 cm³/mol. The summed E-state index contributed by atoms with van der Waals surface area (Å²) in [4.78, 5) is 47.4. The van der Waals surface area contributed by atoms with Gasteiger partial charge in [-0.3, -0.25) is 14.4 Å². The van der Waals surface area contributed by atoms with Crippen molar-refractivity contribution in [3.05, 3.63) is 48.4 Å². The third kappa shape index (κ3) is 5.99. The van der Waals surface area contributed by atoms with E-state index in [1.165, 1.54) is 5.57 Å². The summed E-state index contributed by atoms with van der Waals surface area (Å²) < 4.78 is 12.1. The van der Waals surface area contributed by atoms with Crippen LogP contribution >= 0.6 is 0 Å². The van der Waals surface area contributed by atoms with Crippen LogP contribution in [-0.4, -0.2) is 50.6 Å². The molecule has 0 spiro atoms. The molecular formula is C48H67N3O6. The number of hydrogen-bond acceptors (Lipinski definition) is 7. The molecule has 0 unspecified atom stereocenters. The van der Waals surface area contributed by atoms with Gasteiger partial charge in [-0.25, -0.2) is 0 Å². The normalized spacial score (nSPS) is 39.6. The molecule has 9 heteroatoms. The van der Waals surface area contributed by atoms with Gasteiger partial charge in [-0.05, 0) is 144 Å². The Morgan fingerprint density at radius 3 is 2.35 bits per heavy atom. The lowest BCUT2D eigenvalue weighted by molar-refractivity contribution is -0.250. The Kier molecular flexibility index (Phi) is 9.75. The van der Waals surface area contributed by atoms with Crippen molar-refractivity contribution in [2.75, 3.05) is 6.54 Å². The Balaban J connectivity index is 1.06. The highest BCUT2D eigenvalue weighted by Crippen LogP contribution is 2.78. The monoisotopic (exact) mass is 782 g/mol. The van der Waals surface area contributed by atoms with Crippen molar-refractivity contribution in [2.24, 2.45) is 62.1 Å². The maximum Gasteiger partial charge on any atom is 0.309 e. The Labute approximate surface area is 340 Å². The average Bonchev–Trinajstić information content (AvgIpc) is 3.92. The zero-order chi connectivity index (χ0) is 40.9. The first kappa shape index (κ1) is 40.3. The second-order valence-corrected chi connectivity index (χ2v) is 21.5. The van der Waals surface area contributed by atoms with Crippen molar-refractivity contribution >= 4 is 17.8 Å². The molecule has 1 saturated heterocycles. The number of fused-ring (bicyclic) bond motifs is 7. The van der Waals surface area contributed by atoms with Gasteiger partial charge in [0.1, 0.15) is 12.1 Å². The third-order valence-electron chi connectivity index (χ3n) is 18.1. The largest absolute Gasteiger partial charge is 0.481 e. The molecule has 1 N–H and O–H groups in total. The number of aromatic nitrogens is 2. The smallest absolute Gasteiger partial charge is 0.309 e. The van der Waals surface area contributed by atoms with E-state index in [0.717, 1.165) is 89.2 Å². The second-order valence-electron chi connectivity index (χ2n) is 21.5. The molecule has 310 valence electrons. The van der Waals surface area contributed by atoms with Crippen LogP contribution in [0.2, 0.25) is 0 Å². The van der Waals surface area contributed by atoms with Crippen molar-refractivity contribution < 1.29 is 28.8 Å². The van der Waals surface area contributed by atoms with Gasteiger partial charge in [-0.15, -0.1) is 0 Å². The number of likely N-dealkylation sites (tertiary alicyclic amines) is 1. The van der Waals surface area contributed by atoms with Crippen LogP contribution < -0.4 is 0 Å². The van der Waals surface area contributed by atoms with Crippen LogP contribution in [0.15, 0.2) is 47.0 Å². The summed E-state index contributed by atoms with van der Waals surface area (Å²) in [5.74, 6) is 1.98. The predicted octanol–water partition coefficient (Wildman–Crippen LogP) is 10.5. The molecule has 2 aromatic rings. The molecule has 0 bridgehead atoms. The van der Waals surface area contributed by atoms with Crippen LogP contribution in [0.3, 0.4) is 0 Å². The number of hydrogen-bond donors (Lipinski definition) is 1. The van der Waals surface area contributed by atoms with Crippen LogP contribution in [-0.2, 0) is 19.1 Å². The highest BCUT2D eigenvalue weighted by Gasteiger charge is 2.72. The summed E-state index contributed by atoms with van der Waals surface area (Å²) in [5.41, 5.74) is 0.614. The minimum absolute atomic E-state index is 0.0771. The van der Waals surface area contributed by atoms with Gasteiger partial charge < -0.3 is 19.3 Å². The fourth-order valence-electron chi connectivity index (χ4n) is 15.0. The number of benzene rings is 1. The van der Waals surface area contributed by atoms with E-state index in [2.05, 4.69) is 58.2 Å². The lowest BCUT2D eigenvalue weighted by Crippen LogP contribution is -2.67. The molecule has 11 atom stereocenters. The fourth-order valence-corrected chi connectivity index (χ4v) is 15.0. The van der Waals surface area contributed by atoms with Gasteiger partial charge >= 0.3 is 11.9 Å². The molecule has 5 saturated carbocycles. The molecule has 9 nitrogen and oxygen atoms in total. The van der Waals surface area contributed by atoms with E-state index in [1.807, 2.05) is 30.3 Å². The Hall–Kier alpha value is -3.49. The molecule has 8 rings (SSSR count). The number of aliphatic carboxylic acids is 1. The van der Waals surface area contributed by atoms with Gasteiger partial charge in [-0.2, -0.15) is 4.98 Å². The van der Waals surface area contributed by atoms with Crippen LogP contribution in [0.4, 0.5) is 0 Å². The summed E-state index contributed by atoms with van der Waals surface area (Å²) in [5, 5.41) is 14.0. The quantitative estimate of drug-likeness (QED) is 0.207. The lowest BCUT2D eigenvalue weighted by atomic mass is 9.32. The van der Waals surface area contributed by atoms with E-state index in [4.69, 9.17) is 14.2 Å². The van der Waals surface area contributed by atoms with Crippen LogP contribution in [0.25, 0.3) is 11.4 Å². The van der Waals surface area contributed by atoms with E-state index in [-0.39, 0.29) is 46.1 Å². The first-order valence-electron chi connectivity index (χ1n) is 22.1. The minimum Gasteiger partial charge on any atom is -0.481 e. The number of rotatable bonds is 8. The van der Waals surface area contributed by atoms with Gasteiger partial charge in [0.15, 0.2) is 0 Å². The Bertz CT molecular complexity index is 1920. The fraction of sp³-hybridized carbons (Fsp3) is 0.729. The molecule has 5 aliphatic carbocycles. The molecule has 1 aliphatic heterocycles. The van der Waals surface area contributed by atoms with Crippen LogP contribution in [0.1, 0.15) is 151 Å². The standard InChI is InChI=1S/C48H67N3O6/c1-29(2)31-19-24-48(41(53)51-27-13-16-33(51)40-49-39(50-57-40)30-14-11-10-12-15-30)26-25-46(8)32(38(31)48)17-18-35-45(7)22-21-36(56-37(52)28-43(3,4)42(54)55)44(5,6)34(45)20-23-47(35,46)9/h10-12,14-15,31-36,38H,1,13,16-28H2,2-9H3,(H,54,55)/t31-,32+,33+,34-,35+,36-,38+,45-,46+,47+,48-/m0/s1. The number of carbonyl (C=O) groups excluding carboxylic acids is 2. The van der Waals surface area contributed by atoms with Gasteiger partial charge in [0.2, 0.25) is 17.6 Å². The first-order chi connectivity index (χ1) is 26.8. The van der Waals surface area contributed by atoms with Gasteiger partial charge in [0, 0.05) is 17.5 Å². The average molecular weight is 782 g/mol. The summed E-state index contributed by atoms with van der Waals surface area (Å²) in [7, 11) is 0. The molecule has 1 amide bonds. The van der Waals surface area contributed by atoms with E-state index in [1.54, 1.807) is 13.8 Å². The maximum absolute atomic E-state index is 15.4. The third-order valence-corrected chi connectivity index (χ3v) is 18.1. The summed E-state index contributed by atoms with van der Waals surface area (Å²) in [6, 6.07) is 9.72. The zero-order valence-electron chi connectivity index (χ0n) is 35.9. The topological polar surface area (TPSA) is 123 Å². The molecule has 1 aromatic carbocycles. The zero-order valence-corrected chi connectivity index (χ0v) is 35.9. The molecule has 6 fully saturated rings. The lowest BCUT2D eigenvalue weighted by Gasteiger charge is -2.73. The highest BCUT2D eigenvalue weighted by atomic mass is 16.5. The summed E-state index contributed by atoms with van der Waals surface area (Å²) >= 11 is 0. The number of carboxylic acid groups (broad SMARTS) is 1. The van der Waals surface area contributed by atoms with E-state index in [0.29, 0.717) is 41.3 Å². The minimum atomic E-state index is -1.16. The summed E-state index contributed by atoms with van der Waals surface area (Å²) in [6.45, 7) is 23.1. The van der Waals surface area contributed by atoms with Gasteiger partial charge in [0.25, 0.3) is 0 Å². The van der Waals surface area contributed by atoms with Crippen molar-refractivity contribution in [3.63, 3.8) is 0 Å². The van der Waals surface area contributed by atoms with Crippen molar-refractivity contribution in [1.82, 2.24) is 15.0 Å². The molecule has 57 heavy (non-hydrogen) atoms. The number of ether oxygens (including phenoxy) is 1. The maximum atomic E-state index is 15.4. The molecule has 6 aliphatic rings. The van der Waals surface area contributed by atoms with Crippen molar-refractivity contribution in [1.29, 1.82) is 0 Å². The van der Waals surface area contributed by atoms with Crippen LogP contribution in [0.5, 0.6) is 0 Å². The van der Waals surface area contributed by atoms with Crippen molar-refractivity contribution in [2.45, 2.75) is 151 Å². The SMILES string of the molecule is C=C(C)[C@@H]1CC[C@]2(C(=O)N3CCC[C@@H]3c3nc(-c4ccccc4)no3)CC[C@]3(C)[C@H](CC[C@@H]4[C@@]5(C)CC[C@H](OC(=O)CC(C)(C)C(=O)O)C(C)(C)[C@@H]5CC[C@]43C)[C@@H]12. The number of allylic oxidation sites excluding steroid dienone is 1. The second kappa shape index (κ2) is 13.8. The number of carbonyl (C=O) groups is 3. The number of carboxylic acids is 1. The first-order valence-corrected chi connectivity index (χ1v) is 22.1. The molecular weight excluding hydrogens is 715 g/mol. The highest BCUT2D eigenvalue weighted by molar-refractivity contribution is 5.85. The Morgan fingerprint density at radius 2 is 1.65 bits per heavy atom. The molecule has 0 radical (unpaired) electrons. The van der Waals surface area contributed by atoms with E-state index >= 15 is 4.79 Å². The van der Waals surface area contributed by atoms with E-state index < -0.39 is 22.8 Å². The summed E-state index contributed by atoms with van der Waals surface area (Å²) in [6.07, 6.45) is 11.6. The molecule has 1 aromatic heterocycles. The van der Waals surface area contributed by atoms with E-state index in [9.17, 15) is 14.7 Å². The number of amides is 1.